The van der Waals surface area contributed by atoms with Crippen LogP contribution in [0.4, 0.5) is 0 Å². The van der Waals surface area contributed by atoms with Crippen molar-refractivity contribution < 1.29 is 9.59 Å². The largest absolute Gasteiger partial charge is 0.328 e. The van der Waals surface area contributed by atoms with Crippen molar-refractivity contribution in [1.29, 1.82) is 0 Å². The second kappa shape index (κ2) is 5.85. The Morgan fingerprint density at radius 1 is 1.27 bits per heavy atom. The Morgan fingerprint density at radius 2 is 1.80 bits per heavy atom. The Morgan fingerprint density at radius 3 is 2.27 bits per heavy atom. The van der Waals surface area contributed by atoms with Gasteiger partial charge in [0.15, 0.2) is 0 Å². The van der Waals surface area contributed by atoms with Crippen molar-refractivity contribution in [3.8, 4) is 0 Å². The first-order valence-electron chi connectivity index (χ1n) is 5.70. The normalized spacial score (nSPS) is 20.3. The van der Waals surface area contributed by atoms with Crippen LogP contribution in [0.2, 0.25) is 0 Å². The maximum Gasteiger partial charge on any atom is 0.229 e. The lowest BCUT2D eigenvalue weighted by molar-refractivity contribution is -0.143. The topological polar surface area (TPSA) is 63.4 Å². The van der Waals surface area contributed by atoms with E-state index in [-0.39, 0.29) is 17.9 Å². The molecule has 0 bridgehead atoms. The van der Waals surface area contributed by atoms with E-state index in [0.29, 0.717) is 19.4 Å². The molecule has 1 heterocycles. The summed E-state index contributed by atoms with van der Waals surface area (Å²) >= 11 is 0. The number of likely N-dealkylation sites (tertiary alicyclic amines) is 1. The molecule has 2 N–H and O–H groups in total. The minimum Gasteiger partial charge on any atom is -0.328 e. The first kappa shape index (κ1) is 12.2. The van der Waals surface area contributed by atoms with Gasteiger partial charge in [0.25, 0.3) is 0 Å². The molecule has 1 aliphatic heterocycles. The zero-order valence-corrected chi connectivity index (χ0v) is 9.37. The molecule has 0 aliphatic carbocycles. The van der Waals surface area contributed by atoms with Crippen LogP contribution in [0.1, 0.15) is 45.4 Å². The summed E-state index contributed by atoms with van der Waals surface area (Å²) in [7, 11) is 0. The second-order valence-corrected chi connectivity index (χ2v) is 4.27. The Hall–Kier alpha value is -0.900. The minimum absolute atomic E-state index is 0.0119. The molecular formula is C11H20N2O2. The summed E-state index contributed by atoms with van der Waals surface area (Å²) in [5.41, 5.74) is 5.62. The number of carbonyl (C=O) groups is 2. The molecular weight excluding hydrogens is 192 g/mol. The van der Waals surface area contributed by atoms with Gasteiger partial charge < -0.3 is 5.73 Å². The maximum absolute atomic E-state index is 11.6. The highest BCUT2D eigenvalue weighted by Gasteiger charge is 2.23. The molecule has 1 saturated heterocycles. The average molecular weight is 212 g/mol. The molecule has 4 heteroatoms. The van der Waals surface area contributed by atoms with Gasteiger partial charge in [0.2, 0.25) is 11.8 Å². The van der Waals surface area contributed by atoms with Gasteiger partial charge in [-0.2, -0.15) is 0 Å². The van der Waals surface area contributed by atoms with Crippen LogP contribution in [0.3, 0.4) is 0 Å². The van der Waals surface area contributed by atoms with Gasteiger partial charge in [-0.3, -0.25) is 14.5 Å². The van der Waals surface area contributed by atoms with Gasteiger partial charge in [0.05, 0.1) is 0 Å². The fourth-order valence-electron chi connectivity index (χ4n) is 1.78. The monoisotopic (exact) mass is 212 g/mol. The zero-order chi connectivity index (χ0) is 11.3. The van der Waals surface area contributed by atoms with E-state index in [0.717, 1.165) is 25.7 Å². The SMILES string of the molecule is CC(N)CCCN1C(=O)CCCCC1=O. The van der Waals surface area contributed by atoms with E-state index in [2.05, 4.69) is 0 Å². The number of carbonyl (C=O) groups excluding carboxylic acids is 2. The summed E-state index contributed by atoms with van der Waals surface area (Å²) in [6.45, 7) is 2.48. The molecule has 0 radical (unpaired) electrons. The van der Waals surface area contributed by atoms with E-state index in [1.807, 2.05) is 6.92 Å². The molecule has 1 unspecified atom stereocenters. The van der Waals surface area contributed by atoms with Gasteiger partial charge in [-0.15, -0.1) is 0 Å². The standard InChI is InChI=1S/C11H20N2O2/c1-9(12)5-4-8-13-10(14)6-2-3-7-11(13)15/h9H,2-8,12H2,1H3. The van der Waals surface area contributed by atoms with Crippen LogP contribution in [-0.2, 0) is 9.59 Å². The van der Waals surface area contributed by atoms with E-state index in [9.17, 15) is 9.59 Å². The van der Waals surface area contributed by atoms with Gasteiger partial charge >= 0.3 is 0 Å². The first-order chi connectivity index (χ1) is 7.11. The van der Waals surface area contributed by atoms with Gasteiger partial charge in [0, 0.05) is 25.4 Å². The van der Waals surface area contributed by atoms with Crippen LogP contribution >= 0.6 is 0 Å². The Balaban J connectivity index is 2.41. The zero-order valence-electron chi connectivity index (χ0n) is 9.37. The summed E-state index contributed by atoms with van der Waals surface area (Å²) < 4.78 is 0. The minimum atomic E-state index is -0.0119. The molecule has 1 fully saturated rings. The summed E-state index contributed by atoms with van der Waals surface area (Å²) in [4.78, 5) is 24.6. The van der Waals surface area contributed by atoms with E-state index in [1.54, 1.807) is 0 Å². The third kappa shape index (κ3) is 4.00. The summed E-state index contributed by atoms with van der Waals surface area (Å²) in [5, 5.41) is 0. The molecule has 0 aromatic carbocycles. The predicted octanol–water partition coefficient (Wildman–Crippen LogP) is 1.04. The summed E-state index contributed by atoms with van der Waals surface area (Å²) in [6, 6.07) is 0.141. The third-order valence-corrected chi connectivity index (χ3v) is 2.67. The number of hydrogen-bond donors (Lipinski definition) is 1. The Bertz CT molecular complexity index is 221. The highest BCUT2D eigenvalue weighted by Crippen LogP contribution is 2.13. The molecule has 0 saturated carbocycles. The van der Waals surface area contributed by atoms with Crippen molar-refractivity contribution in [3.05, 3.63) is 0 Å². The Kier molecular flexibility index (Phi) is 4.75. The van der Waals surface area contributed by atoms with E-state index in [4.69, 9.17) is 5.73 Å². The number of amides is 2. The second-order valence-electron chi connectivity index (χ2n) is 4.27. The highest BCUT2D eigenvalue weighted by atomic mass is 16.2. The van der Waals surface area contributed by atoms with Crippen LogP contribution in [0.5, 0.6) is 0 Å². The van der Waals surface area contributed by atoms with Crippen molar-refractivity contribution in [3.63, 3.8) is 0 Å². The molecule has 4 nitrogen and oxygen atoms in total. The number of nitrogens with zero attached hydrogens (tertiary/aromatic N) is 1. The van der Waals surface area contributed by atoms with Crippen LogP contribution in [0.15, 0.2) is 0 Å². The molecule has 86 valence electrons. The van der Waals surface area contributed by atoms with Gasteiger partial charge in [-0.1, -0.05) is 0 Å². The van der Waals surface area contributed by atoms with Crippen LogP contribution in [0, 0.1) is 0 Å². The van der Waals surface area contributed by atoms with Crippen LogP contribution < -0.4 is 5.73 Å². The van der Waals surface area contributed by atoms with Crippen molar-refractivity contribution in [2.24, 2.45) is 5.73 Å². The summed E-state index contributed by atoms with van der Waals surface area (Å²) in [5.74, 6) is -0.0238. The molecule has 1 atom stereocenters. The van der Waals surface area contributed by atoms with Gasteiger partial charge in [-0.05, 0) is 32.6 Å². The van der Waals surface area contributed by atoms with E-state index >= 15 is 0 Å². The number of hydrogen-bond acceptors (Lipinski definition) is 3. The van der Waals surface area contributed by atoms with Crippen molar-refractivity contribution >= 4 is 11.8 Å². The first-order valence-corrected chi connectivity index (χ1v) is 5.70. The third-order valence-electron chi connectivity index (χ3n) is 2.67. The van der Waals surface area contributed by atoms with E-state index in [1.165, 1.54) is 4.90 Å². The average Bonchev–Trinajstić information content (AvgIpc) is 2.31. The quantitative estimate of drug-likeness (QED) is 0.708. The Labute approximate surface area is 90.8 Å². The van der Waals surface area contributed by atoms with Crippen molar-refractivity contribution in [2.75, 3.05) is 6.54 Å². The fraction of sp³-hybridized carbons (Fsp3) is 0.818. The van der Waals surface area contributed by atoms with Crippen LogP contribution in [-0.4, -0.2) is 29.3 Å². The molecule has 0 aromatic rings. The fourth-order valence-corrected chi connectivity index (χ4v) is 1.78. The molecule has 1 aliphatic rings. The van der Waals surface area contributed by atoms with Gasteiger partial charge in [0.1, 0.15) is 0 Å². The molecule has 0 aromatic heterocycles. The number of nitrogens with two attached hydrogens (primary N) is 1. The molecule has 15 heavy (non-hydrogen) atoms. The van der Waals surface area contributed by atoms with Crippen LogP contribution in [0.25, 0.3) is 0 Å². The maximum atomic E-state index is 11.6. The molecule has 0 spiro atoms. The van der Waals surface area contributed by atoms with Gasteiger partial charge in [-0.25, -0.2) is 0 Å². The van der Waals surface area contributed by atoms with E-state index < -0.39 is 0 Å². The highest BCUT2D eigenvalue weighted by molar-refractivity contribution is 5.95. The molecule has 2 amide bonds. The lowest BCUT2D eigenvalue weighted by atomic mass is 10.2. The lowest BCUT2D eigenvalue weighted by Crippen LogP contribution is -2.36. The predicted molar refractivity (Wildman–Crippen MR) is 58.1 cm³/mol. The molecule has 1 rings (SSSR count). The lowest BCUT2D eigenvalue weighted by Gasteiger charge is -2.18. The smallest absolute Gasteiger partial charge is 0.229 e. The number of imide groups is 1. The summed E-state index contributed by atoms with van der Waals surface area (Å²) in [6.07, 6.45) is 4.39. The van der Waals surface area contributed by atoms with Crippen molar-refractivity contribution in [2.45, 2.75) is 51.5 Å². The number of rotatable bonds is 4. The van der Waals surface area contributed by atoms with Crippen molar-refractivity contribution in [1.82, 2.24) is 4.90 Å².